The van der Waals surface area contributed by atoms with Crippen molar-refractivity contribution in [3.05, 3.63) is 72.3 Å². The second-order valence-corrected chi connectivity index (χ2v) is 5.68. The van der Waals surface area contributed by atoms with E-state index in [9.17, 15) is 5.11 Å². The zero-order chi connectivity index (χ0) is 15.1. The van der Waals surface area contributed by atoms with Gasteiger partial charge in [-0.15, -0.1) is 0 Å². The molecule has 0 aromatic heterocycles. The predicted molar refractivity (Wildman–Crippen MR) is 90.5 cm³/mol. The highest BCUT2D eigenvalue weighted by molar-refractivity contribution is 6.97. The lowest BCUT2D eigenvalue weighted by atomic mass is 9.35. The van der Waals surface area contributed by atoms with Crippen molar-refractivity contribution in [3.8, 4) is 17.2 Å². The fourth-order valence-electron chi connectivity index (χ4n) is 3.20. The smallest absolute Gasteiger partial charge is 0.255 e. The Morgan fingerprint density at radius 1 is 0.864 bits per heavy atom. The lowest BCUT2D eigenvalue weighted by molar-refractivity contribution is 0.461. The summed E-state index contributed by atoms with van der Waals surface area (Å²) in [5.41, 5.74) is 4.07. The number of fused-ring (bicyclic) bond motifs is 2. The Morgan fingerprint density at radius 2 is 1.59 bits per heavy atom. The third-order valence-corrected chi connectivity index (χ3v) is 4.14. The third kappa shape index (κ3) is 1.98. The number of hydrogen-bond donors (Lipinski definition) is 1. The molecule has 1 heterocycles. The normalized spacial score (nSPS) is 12.3. The molecule has 22 heavy (non-hydrogen) atoms. The lowest BCUT2D eigenvalue weighted by Gasteiger charge is -2.27. The van der Waals surface area contributed by atoms with E-state index in [0.29, 0.717) is 5.75 Å². The summed E-state index contributed by atoms with van der Waals surface area (Å²) in [6.07, 6.45) is 0. The molecular formula is C19H15BO2. The molecule has 0 amide bonds. The van der Waals surface area contributed by atoms with Crippen LogP contribution < -0.4 is 21.1 Å². The summed E-state index contributed by atoms with van der Waals surface area (Å²) >= 11 is 0. The Hall–Kier alpha value is -2.68. The van der Waals surface area contributed by atoms with E-state index in [1.165, 1.54) is 0 Å². The molecule has 3 aromatic carbocycles. The van der Waals surface area contributed by atoms with Crippen molar-refractivity contribution in [2.75, 3.05) is 0 Å². The van der Waals surface area contributed by atoms with Crippen LogP contribution in [-0.4, -0.2) is 11.8 Å². The molecule has 0 fully saturated rings. The Kier molecular flexibility index (Phi) is 2.93. The van der Waals surface area contributed by atoms with Crippen molar-refractivity contribution in [2.45, 2.75) is 6.92 Å². The average molecular weight is 286 g/mol. The molecule has 0 radical (unpaired) electrons. The Morgan fingerprint density at radius 3 is 2.41 bits per heavy atom. The zero-order valence-electron chi connectivity index (χ0n) is 12.3. The van der Waals surface area contributed by atoms with Crippen LogP contribution in [0.15, 0.2) is 66.7 Å². The van der Waals surface area contributed by atoms with Crippen molar-refractivity contribution in [1.82, 2.24) is 0 Å². The molecule has 4 rings (SSSR count). The van der Waals surface area contributed by atoms with Gasteiger partial charge in [0, 0.05) is 5.46 Å². The Labute approximate surface area is 130 Å². The molecule has 0 atom stereocenters. The van der Waals surface area contributed by atoms with Gasteiger partial charge < -0.3 is 9.84 Å². The predicted octanol–water partition coefficient (Wildman–Crippen LogP) is 2.32. The molecule has 0 spiro atoms. The molecule has 0 saturated heterocycles. The highest BCUT2D eigenvalue weighted by atomic mass is 16.5. The van der Waals surface area contributed by atoms with Crippen molar-refractivity contribution in [1.29, 1.82) is 0 Å². The molecule has 0 bridgehead atoms. The number of hydrogen-bond acceptors (Lipinski definition) is 2. The van der Waals surface area contributed by atoms with Crippen molar-refractivity contribution >= 4 is 23.1 Å². The van der Waals surface area contributed by atoms with Crippen molar-refractivity contribution < 1.29 is 9.84 Å². The molecule has 3 aromatic rings. The maximum absolute atomic E-state index is 10.5. The van der Waals surface area contributed by atoms with Gasteiger partial charge in [0.25, 0.3) is 6.71 Å². The van der Waals surface area contributed by atoms with E-state index in [1.54, 1.807) is 6.07 Å². The van der Waals surface area contributed by atoms with Crippen LogP contribution in [0.5, 0.6) is 17.2 Å². The monoisotopic (exact) mass is 286 g/mol. The first-order valence-corrected chi connectivity index (χ1v) is 7.39. The van der Waals surface area contributed by atoms with E-state index in [-0.39, 0.29) is 6.71 Å². The Balaban J connectivity index is 2.01. The SMILES string of the molecule is Cc1cc(O)c2c(c1)Oc1ccccc1B2c1ccccc1. The van der Waals surface area contributed by atoms with E-state index >= 15 is 0 Å². The van der Waals surface area contributed by atoms with E-state index in [2.05, 4.69) is 18.2 Å². The van der Waals surface area contributed by atoms with Gasteiger partial charge in [-0.05, 0) is 36.1 Å². The highest BCUT2D eigenvalue weighted by Crippen LogP contribution is 2.29. The molecule has 0 unspecified atom stereocenters. The van der Waals surface area contributed by atoms with Crippen LogP contribution >= 0.6 is 0 Å². The zero-order valence-corrected chi connectivity index (χ0v) is 12.3. The summed E-state index contributed by atoms with van der Waals surface area (Å²) in [4.78, 5) is 0. The largest absolute Gasteiger partial charge is 0.508 e. The van der Waals surface area contributed by atoms with Crippen LogP contribution in [-0.2, 0) is 0 Å². The minimum Gasteiger partial charge on any atom is -0.508 e. The summed E-state index contributed by atoms with van der Waals surface area (Å²) in [6, 6.07) is 22.1. The van der Waals surface area contributed by atoms with Crippen LogP contribution in [0, 0.1) is 6.92 Å². The standard InChI is InChI=1S/C19H15BO2/c1-13-11-16(21)19-18(12-13)22-17-10-6-5-9-15(17)20(19)14-7-3-2-4-8-14/h2-12,21H,1H3. The second kappa shape index (κ2) is 4.95. The molecule has 1 N–H and O–H groups in total. The quantitative estimate of drug-likeness (QED) is 0.544. The molecule has 2 nitrogen and oxygen atoms in total. The Bertz CT molecular complexity index is 843. The summed E-state index contributed by atoms with van der Waals surface area (Å²) in [5, 5.41) is 10.5. The number of phenolic OH excluding ortho intramolecular Hbond substituents is 1. The highest BCUT2D eigenvalue weighted by Gasteiger charge is 2.34. The summed E-state index contributed by atoms with van der Waals surface area (Å²) in [7, 11) is 0. The van der Waals surface area contributed by atoms with E-state index in [1.807, 2.05) is 49.4 Å². The maximum Gasteiger partial charge on any atom is 0.255 e. The van der Waals surface area contributed by atoms with Gasteiger partial charge in [0.1, 0.15) is 17.2 Å². The fraction of sp³-hybridized carbons (Fsp3) is 0.0526. The van der Waals surface area contributed by atoms with Gasteiger partial charge in [-0.25, -0.2) is 0 Å². The van der Waals surface area contributed by atoms with Gasteiger partial charge in [-0.1, -0.05) is 54.0 Å². The third-order valence-electron chi connectivity index (χ3n) is 4.14. The van der Waals surface area contributed by atoms with Crippen LogP contribution in [0.25, 0.3) is 0 Å². The van der Waals surface area contributed by atoms with Crippen molar-refractivity contribution in [2.24, 2.45) is 0 Å². The minimum absolute atomic E-state index is 0.0123. The summed E-state index contributed by atoms with van der Waals surface area (Å²) < 4.78 is 6.03. The topological polar surface area (TPSA) is 29.5 Å². The minimum atomic E-state index is -0.0123. The molecule has 1 aliphatic heterocycles. The number of para-hydroxylation sites is 1. The van der Waals surface area contributed by atoms with Gasteiger partial charge in [-0.3, -0.25) is 0 Å². The number of phenols is 1. The number of aromatic hydroxyl groups is 1. The van der Waals surface area contributed by atoms with Gasteiger partial charge in [0.2, 0.25) is 0 Å². The number of ether oxygens (including phenoxy) is 1. The number of benzene rings is 3. The number of aryl methyl sites for hydroxylation is 1. The van der Waals surface area contributed by atoms with Crippen LogP contribution in [0.4, 0.5) is 0 Å². The van der Waals surface area contributed by atoms with Crippen LogP contribution in [0.1, 0.15) is 5.56 Å². The first-order valence-electron chi connectivity index (χ1n) is 7.39. The van der Waals surface area contributed by atoms with E-state index < -0.39 is 0 Å². The molecular weight excluding hydrogens is 271 g/mol. The number of rotatable bonds is 1. The van der Waals surface area contributed by atoms with Gasteiger partial charge in [0.05, 0.1) is 0 Å². The molecule has 106 valence electrons. The molecule has 3 heteroatoms. The van der Waals surface area contributed by atoms with Crippen molar-refractivity contribution in [3.63, 3.8) is 0 Å². The maximum atomic E-state index is 10.5. The average Bonchev–Trinajstić information content (AvgIpc) is 2.53. The fourth-order valence-corrected chi connectivity index (χ4v) is 3.20. The van der Waals surface area contributed by atoms with E-state index in [4.69, 9.17) is 4.74 Å². The molecule has 0 saturated carbocycles. The van der Waals surface area contributed by atoms with Gasteiger partial charge in [-0.2, -0.15) is 0 Å². The molecule has 0 aliphatic carbocycles. The summed E-state index contributed by atoms with van der Waals surface area (Å²) in [6.45, 7) is 1.95. The van der Waals surface area contributed by atoms with Crippen LogP contribution in [0.3, 0.4) is 0 Å². The van der Waals surface area contributed by atoms with E-state index in [0.717, 1.165) is 33.5 Å². The second-order valence-electron chi connectivity index (χ2n) is 5.68. The molecule has 1 aliphatic rings. The van der Waals surface area contributed by atoms with Gasteiger partial charge >= 0.3 is 0 Å². The van der Waals surface area contributed by atoms with Crippen LogP contribution in [0.2, 0.25) is 0 Å². The summed E-state index contributed by atoms with van der Waals surface area (Å²) in [5.74, 6) is 1.89. The first kappa shape index (κ1) is 13.0. The first-order chi connectivity index (χ1) is 10.7. The lowest BCUT2D eigenvalue weighted by Crippen LogP contribution is -2.54. The van der Waals surface area contributed by atoms with Gasteiger partial charge in [0.15, 0.2) is 0 Å².